The van der Waals surface area contributed by atoms with E-state index in [2.05, 4.69) is 10.2 Å². The van der Waals surface area contributed by atoms with Gasteiger partial charge in [0, 0.05) is 11.3 Å². The normalized spacial score (nSPS) is 10.6. The molecule has 4 aromatic rings. The average Bonchev–Trinajstić information content (AvgIpc) is 3.31. The van der Waals surface area contributed by atoms with Gasteiger partial charge in [-0.3, -0.25) is 9.36 Å². The molecule has 8 heteroatoms. The summed E-state index contributed by atoms with van der Waals surface area (Å²) in [6, 6.07) is 24.9. The molecule has 3 aromatic carbocycles. The minimum Gasteiger partial charge on any atom is -0.493 e. The Morgan fingerprint density at radius 3 is 2.27 bits per heavy atom. The lowest BCUT2D eigenvalue weighted by atomic mass is 10.2. The number of aromatic nitrogens is 3. The zero-order valence-corrected chi connectivity index (χ0v) is 19.1. The number of carbonyl (C=O) groups is 1. The molecule has 0 bridgehead atoms. The quantitative estimate of drug-likeness (QED) is 0.262. The number of hydrogen-bond acceptors (Lipinski definition) is 7. The lowest BCUT2D eigenvalue weighted by molar-refractivity contribution is -0.141. The van der Waals surface area contributed by atoms with Gasteiger partial charge in [0.2, 0.25) is 0 Å². The summed E-state index contributed by atoms with van der Waals surface area (Å²) in [7, 11) is 3.18. The van der Waals surface area contributed by atoms with Crippen molar-refractivity contribution in [2.75, 3.05) is 20.0 Å². The van der Waals surface area contributed by atoms with E-state index in [0.717, 1.165) is 16.8 Å². The molecule has 0 aliphatic heterocycles. The minimum absolute atomic E-state index is 0.115. The van der Waals surface area contributed by atoms with E-state index >= 15 is 0 Å². The Bertz CT molecular complexity index is 1210. The molecule has 0 amide bonds. The first kappa shape index (κ1) is 22.4. The Morgan fingerprint density at radius 2 is 1.58 bits per heavy atom. The zero-order chi connectivity index (χ0) is 23.0. The van der Waals surface area contributed by atoms with Gasteiger partial charge in [0.05, 0.1) is 20.0 Å². The topological polar surface area (TPSA) is 75.5 Å². The van der Waals surface area contributed by atoms with Gasteiger partial charge in [0.1, 0.15) is 6.61 Å². The first-order valence-corrected chi connectivity index (χ1v) is 11.2. The molecule has 7 nitrogen and oxygen atoms in total. The molecule has 0 atom stereocenters. The van der Waals surface area contributed by atoms with Gasteiger partial charge < -0.3 is 14.2 Å². The van der Waals surface area contributed by atoms with Gasteiger partial charge in [-0.1, -0.05) is 60.3 Å². The number of esters is 1. The van der Waals surface area contributed by atoms with Crippen molar-refractivity contribution in [3.63, 3.8) is 0 Å². The van der Waals surface area contributed by atoms with Crippen molar-refractivity contribution in [3.8, 4) is 28.6 Å². The van der Waals surface area contributed by atoms with E-state index in [4.69, 9.17) is 14.2 Å². The lowest BCUT2D eigenvalue weighted by Gasteiger charge is -2.12. The molecular weight excluding hydrogens is 438 g/mol. The van der Waals surface area contributed by atoms with Crippen molar-refractivity contribution in [2.45, 2.75) is 11.8 Å². The third-order valence-corrected chi connectivity index (χ3v) is 5.75. The number of methoxy groups -OCH3 is 2. The third kappa shape index (κ3) is 5.35. The molecule has 33 heavy (non-hydrogen) atoms. The summed E-state index contributed by atoms with van der Waals surface area (Å²) in [4.78, 5) is 12.3. The Labute approximate surface area is 196 Å². The largest absolute Gasteiger partial charge is 0.493 e. The summed E-state index contributed by atoms with van der Waals surface area (Å²) in [6.07, 6.45) is 0. The number of benzene rings is 3. The lowest BCUT2D eigenvalue weighted by Crippen LogP contribution is -2.08. The standard InChI is InChI=1S/C25H23N3O4S/c1-30-21-14-13-19(15-22(21)31-2)24-26-27-25(28(24)20-11-7-4-8-12-20)33-17-23(29)32-16-18-9-5-3-6-10-18/h3-15H,16-17H2,1-2H3. The number of nitrogens with zero attached hydrogens (tertiary/aromatic N) is 3. The van der Waals surface area contributed by atoms with E-state index in [1.807, 2.05) is 83.4 Å². The molecule has 0 radical (unpaired) electrons. The second-order valence-electron chi connectivity index (χ2n) is 6.98. The fraction of sp³-hybridized carbons (Fsp3) is 0.160. The number of para-hydroxylation sites is 1. The van der Waals surface area contributed by atoms with Crippen LogP contribution < -0.4 is 9.47 Å². The van der Waals surface area contributed by atoms with Crippen LogP contribution in [-0.4, -0.2) is 40.7 Å². The molecule has 0 N–H and O–H groups in total. The van der Waals surface area contributed by atoms with E-state index in [1.165, 1.54) is 11.8 Å². The smallest absolute Gasteiger partial charge is 0.316 e. The Kier molecular flexibility index (Phi) is 7.26. The maximum Gasteiger partial charge on any atom is 0.316 e. The Morgan fingerprint density at radius 1 is 0.879 bits per heavy atom. The van der Waals surface area contributed by atoms with Crippen molar-refractivity contribution in [1.82, 2.24) is 14.8 Å². The highest BCUT2D eigenvalue weighted by Crippen LogP contribution is 2.34. The van der Waals surface area contributed by atoms with Crippen LogP contribution in [0, 0.1) is 0 Å². The van der Waals surface area contributed by atoms with Gasteiger partial charge >= 0.3 is 5.97 Å². The van der Waals surface area contributed by atoms with Gasteiger partial charge in [-0.2, -0.15) is 0 Å². The number of hydrogen-bond donors (Lipinski definition) is 0. The van der Waals surface area contributed by atoms with Crippen LogP contribution in [0.25, 0.3) is 17.1 Å². The minimum atomic E-state index is -0.320. The molecule has 168 valence electrons. The highest BCUT2D eigenvalue weighted by Gasteiger charge is 2.19. The van der Waals surface area contributed by atoms with E-state index < -0.39 is 0 Å². The number of rotatable bonds is 9. The van der Waals surface area contributed by atoms with Gasteiger partial charge in [0.25, 0.3) is 0 Å². The van der Waals surface area contributed by atoms with E-state index in [9.17, 15) is 4.79 Å². The highest BCUT2D eigenvalue weighted by atomic mass is 32.2. The van der Waals surface area contributed by atoms with Crippen LogP contribution in [0.15, 0.2) is 84.0 Å². The van der Waals surface area contributed by atoms with Crippen molar-refractivity contribution in [3.05, 3.63) is 84.4 Å². The SMILES string of the molecule is COc1ccc(-c2nnc(SCC(=O)OCc3ccccc3)n2-c2ccccc2)cc1OC. The van der Waals surface area contributed by atoms with Crippen LogP contribution in [0.2, 0.25) is 0 Å². The van der Waals surface area contributed by atoms with Crippen LogP contribution in [0.3, 0.4) is 0 Å². The molecule has 0 saturated heterocycles. The Balaban J connectivity index is 1.57. The molecule has 1 aromatic heterocycles. The second kappa shape index (κ2) is 10.7. The number of ether oxygens (including phenoxy) is 3. The van der Waals surface area contributed by atoms with Gasteiger partial charge in [-0.25, -0.2) is 0 Å². The molecule has 0 aliphatic rings. The van der Waals surface area contributed by atoms with E-state index in [0.29, 0.717) is 22.5 Å². The predicted molar refractivity (Wildman–Crippen MR) is 127 cm³/mol. The number of thioether (sulfide) groups is 1. The summed E-state index contributed by atoms with van der Waals surface area (Å²) in [5.74, 6) is 1.64. The predicted octanol–water partition coefficient (Wildman–Crippen LogP) is 4.79. The molecule has 0 saturated carbocycles. The van der Waals surface area contributed by atoms with Gasteiger partial charge in [0.15, 0.2) is 22.5 Å². The molecule has 0 fully saturated rings. The molecular formula is C25H23N3O4S. The number of carbonyl (C=O) groups excluding carboxylic acids is 1. The van der Waals surface area contributed by atoms with Gasteiger partial charge in [-0.05, 0) is 35.9 Å². The summed E-state index contributed by atoms with van der Waals surface area (Å²) in [5, 5.41) is 9.35. The highest BCUT2D eigenvalue weighted by molar-refractivity contribution is 7.99. The first-order chi connectivity index (χ1) is 16.2. The van der Waals surface area contributed by atoms with Crippen molar-refractivity contribution in [2.24, 2.45) is 0 Å². The first-order valence-electron chi connectivity index (χ1n) is 10.2. The van der Waals surface area contributed by atoms with Gasteiger partial charge in [-0.15, -0.1) is 10.2 Å². The fourth-order valence-electron chi connectivity index (χ4n) is 3.24. The summed E-state index contributed by atoms with van der Waals surface area (Å²) in [6.45, 7) is 0.239. The average molecular weight is 462 g/mol. The van der Waals surface area contributed by atoms with Crippen LogP contribution in [0.4, 0.5) is 0 Å². The monoisotopic (exact) mass is 461 g/mol. The summed E-state index contributed by atoms with van der Waals surface area (Å²) in [5.41, 5.74) is 2.63. The van der Waals surface area contributed by atoms with Crippen LogP contribution in [0.5, 0.6) is 11.5 Å². The van der Waals surface area contributed by atoms with E-state index in [1.54, 1.807) is 14.2 Å². The van der Waals surface area contributed by atoms with E-state index in [-0.39, 0.29) is 18.3 Å². The molecule has 0 aliphatic carbocycles. The van der Waals surface area contributed by atoms with Crippen LogP contribution in [0.1, 0.15) is 5.56 Å². The van der Waals surface area contributed by atoms with Crippen molar-refractivity contribution < 1.29 is 19.0 Å². The molecule has 0 unspecified atom stereocenters. The van der Waals surface area contributed by atoms with Crippen molar-refractivity contribution >= 4 is 17.7 Å². The molecule has 1 heterocycles. The summed E-state index contributed by atoms with van der Waals surface area (Å²) >= 11 is 1.28. The maximum absolute atomic E-state index is 12.3. The molecule has 0 spiro atoms. The van der Waals surface area contributed by atoms with Crippen LogP contribution >= 0.6 is 11.8 Å². The maximum atomic E-state index is 12.3. The Hall–Kier alpha value is -3.78. The molecule has 4 rings (SSSR count). The second-order valence-corrected chi connectivity index (χ2v) is 7.92. The zero-order valence-electron chi connectivity index (χ0n) is 18.3. The van der Waals surface area contributed by atoms with Crippen LogP contribution in [-0.2, 0) is 16.1 Å². The third-order valence-electron chi connectivity index (χ3n) is 4.85. The summed E-state index contributed by atoms with van der Waals surface area (Å²) < 4.78 is 18.1. The van der Waals surface area contributed by atoms with Crippen molar-refractivity contribution in [1.29, 1.82) is 0 Å². The fourth-order valence-corrected chi connectivity index (χ4v) is 3.99.